The van der Waals surface area contributed by atoms with Crippen LogP contribution in [0.15, 0.2) is 87.3 Å². The molecule has 1 fully saturated rings. The summed E-state index contributed by atoms with van der Waals surface area (Å²) in [5.41, 5.74) is 4.49. The lowest BCUT2D eigenvalue weighted by molar-refractivity contribution is -0.119. The number of carbonyl (C=O) groups excluding carboxylic acids is 1. The Kier molecular flexibility index (Phi) is 8.15. The van der Waals surface area contributed by atoms with Crippen LogP contribution in [-0.4, -0.2) is 44.7 Å². The highest BCUT2D eigenvalue weighted by Gasteiger charge is 2.27. The molecule has 0 aromatic heterocycles. The van der Waals surface area contributed by atoms with Gasteiger partial charge in [0.05, 0.1) is 16.8 Å². The van der Waals surface area contributed by atoms with Crippen molar-refractivity contribution in [2.75, 3.05) is 22.4 Å². The zero-order valence-electron chi connectivity index (χ0n) is 18.9. The van der Waals surface area contributed by atoms with Crippen molar-refractivity contribution in [1.82, 2.24) is 5.43 Å². The Morgan fingerprint density at radius 2 is 1.86 bits per heavy atom. The Morgan fingerprint density at radius 1 is 1.14 bits per heavy atom. The maximum Gasteiger partial charge on any atom is 0.264 e. The van der Waals surface area contributed by atoms with Gasteiger partial charge in [0.1, 0.15) is 18.4 Å². The normalized spacial score (nSPS) is 13.9. The summed E-state index contributed by atoms with van der Waals surface area (Å²) < 4.78 is 34.4. The van der Waals surface area contributed by atoms with E-state index < -0.39 is 22.5 Å². The fourth-order valence-corrected chi connectivity index (χ4v) is 5.60. The molecule has 0 saturated carbocycles. The van der Waals surface area contributed by atoms with Gasteiger partial charge in [-0.25, -0.2) is 13.8 Å². The van der Waals surface area contributed by atoms with Crippen molar-refractivity contribution >= 4 is 55.5 Å². The van der Waals surface area contributed by atoms with Crippen LogP contribution in [0.4, 0.5) is 5.69 Å². The summed E-state index contributed by atoms with van der Waals surface area (Å²) in [4.78, 5) is 12.8. The summed E-state index contributed by atoms with van der Waals surface area (Å²) in [6.45, 7) is 1.44. The molecule has 0 aliphatic carbocycles. The third kappa shape index (κ3) is 6.65. The predicted molar refractivity (Wildman–Crippen MR) is 144 cm³/mol. The highest BCUT2D eigenvalue weighted by Crippen LogP contribution is 2.26. The minimum Gasteiger partial charge on any atom is -0.489 e. The molecule has 0 radical (unpaired) electrons. The van der Waals surface area contributed by atoms with E-state index in [4.69, 9.17) is 4.74 Å². The molecular formula is C25H24BrN3O4S2. The first-order valence-electron chi connectivity index (χ1n) is 10.8. The number of benzene rings is 3. The van der Waals surface area contributed by atoms with Crippen LogP contribution in [-0.2, 0) is 14.8 Å². The molecule has 1 aliphatic rings. The maximum absolute atomic E-state index is 13.4. The summed E-state index contributed by atoms with van der Waals surface area (Å²) in [6.07, 6.45) is 1.77. The zero-order chi connectivity index (χ0) is 24.8. The van der Waals surface area contributed by atoms with Crippen molar-refractivity contribution < 1.29 is 17.9 Å². The highest BCUT2D eigenvalue weighted by atomic mass is 79.9. The van der Waals surface area contributed by atoms with Gasteiger partial charge in [-0.3, -0.25) is 9.10 Å². The molecule has 1 amide bonds. The van der Waals surface area contributed by atoms with Crippen LogP contribution in [0.5, 0.6) is 5.75 Å². The number of nitrogens with zero attached hydrogens (tertiary/aromatic N) is 2. The van der Waals surface area contributed by atoms with Crippen LogP contribution >= 0.6 is 27.7 Å². The van der Waals surface area contributed by atoms with Crippen LogP contribution in [0.3, 0.4) is 0 Å². The fourth-order valence-electron chi connectivity index (χ4n) is 3.24. The van der Waals surface area contributed by atoms with Crippen molar-refractivity contribution in [1.29, 1.82) is 0 Å². The smallest absolute Gasteiger partial charge is 0.264 e. The molecular weight excluding hydrogens is 550 g/mol. The van der Waals surface area contributed by atoms with Gasteiger partial charge in [0.25, 0.3) is 15.9 Å². The molecule has 4 rings (SSSR count). The van der Waals surface area contributed by atoms with Gasteiger partial charge in [0.15, 0.2) is 0 Å². The van der Waals surface area contributed by atoms with E-state index in [9.17, 15) is 13.2 Å². The van der Waals surface area contributed by atoms with Gasteiger partial charge >= 0.3 is 0 Å². The number of hydrogen-bond acceptors (Lipinski definition) is 6. The Balaban J connectivity index is 1.45. The van der Waals surface area contributed by atoms with E-state index in [0.717, 1.165) is 32.7 Å². The summed E-state index contributed by atoms with van der Waals surface area (Å²) in [5, 5.41) is 3.99. The van der Waals surface area contributed by atoms with Crippen molar-refractivity contribution in [3.05, 3.63) is 88.4 Å². The van der Waals surface area contributed by atoms with Gasteiger partial charge in [-0.15, -0.1) is 0 Å². The largest absolute Gasteiger partial charge is 0.489 e. The average molecular weight is 575 g/mol. The van der Waals surface area contributed by atoms with Crippen LogP contribution < -0.4 is 14.5 Å². The number of thioether (sulfide) groups is 1. The molecule has 3 aromatic carbocycles. The molecule has 0 atom stereocenters. The molecule has 0 bridgehead atoms. The second-order valence-corrected chi connectivity index (χ2v) is 11.8. The van der Waals surface area contributed by atoms with Crippen LogP contribution in [0.2, 0.25) is 0 Å². The van der Waals surface area contributed by atoms with E-state index in [0.29, 0.717) is 10.2 Å². The standard InChI is InChI=1S/C25H24BrN3O4S2/c1-18-5-11-24(12-6-18)35(31,32)29(21-4-2-3-20(26)13-21)15-25(30)28-27-14-19-7-9-22(10-8-19)33-23-16-34-17-23/h2-14,23H,15-17H2,1H3,(H,28,30)/b27-14-. The van der Waals surface area contributed by atoms with Crippen LogP contribution in [0, 0.1) is 6.92 Å². The number of amides is 1. The molecule has 1 N–H and O–H groups in total. The molecule has 1 heterocycles. The number of halogens is 1. The fraction of sp³-hybridized carbons (Fsp3) is 0.200. The van der Waals surface area contributed by atoms with Gasteiger partial charge in [0.2, 0.25) is 0 Å². The highest BCUT2D eigenvalue weighted by molar-refractivity contribution is 9.10. The number of hydrogen-bond donors (Lipinski definition) is 1. The van der Waals surface area contributed by atoms with E-state index >= 15 is 0 Å². The van der Waals surface area contributed by atoms with Crippen LogP contribution in [0.1, 0.15) is 11.1 Å². The first kappa shape index (κ1) is 25.3. The maximum atomic E-state index is 13.4. The summed E-state index contributed by atoms with van der Waals surface area (Å²) >= 11 is 5.22. The van der Waals surface area contributed by atoms with Gasteiger partial charge in [-0.05, 0) is 67.1 Å². The number of carbonyl (C=O) groups is 1. The lowest BCUT2D eigenvalue weighted by Gasteiger charge is -2.25. The number of nitrogens with one attached hydrogen (secondary N) is 1. The molecule has 1 aliphatic heterocycles. The summed E-state index contributed by atoms with van der Waals surface area (Å²) in [5.74, 6) is 2.24. The molecule has 35 heavy (non-hydrogen) atoms. The second-order valence-electron chi connectivity index (χ2n) is 7.94. The van der Waals surface area contributed by atoms with Gasteiger partial charge in [0, 0.05) is 16.0 Å². The van der Waals surface area contributed by atoms with Crippen LogP contribution in [0.25, 0.3) is 0 Å². The second kappa shape index (κ2) is 11.3. The third-order valence-electron chi connectivity index (χ3n) is 5.19. The molecule has 0 spiro atoms. The van der Waals surface area contributed by atoms with Crippen molar-refractivity contribution in [3.8, 4) is 5.75 Å². The SMILES string of the molecule is Cc1ccc(S(=O)(=O)N(CC(=O)N/N=C\c2ccc(OC3CSC3)cc2)c2cccc(Br)c2)cc1. The lowest BCUT2D eigenvalue weighted by Crippen LogP contribution is -2.39. The Labute approximate surface area is 217 Å². The van der Waals surface area contributed by atoms with E-state index in [2.05, 4.69) is 26.5 Å². The predicted octanol–water partition coefficient (Wildman–Crippen LogP) is 4.60. The van der Waals surface area contributed by atoms with Gasteiger partial charge in [-0.2, -0.15) is 16.9 Å². The first-order chi connectivity index (χ1) is 16.8. The van der Waals surface area contributed by atoms with E-state index in [-0.39, 0.29) is 11.0 Å². The van der Waals surface area contributed by atoms with Crippen molar-refractivity contribution in [2.45, 2.75) is 17.9 Å². The quantitative estimate of drug-likeness (QED) is 0.298. The Hall–Kier alpha value is -2.82. The summed E-state index contributed by atoms with van der Waals surface area (Å²) in [6, 6.07) is 20.7. The summed E-state index contributed by atoms with van der Waals surface area (Å²) in [7, 11) is -3.99. The Morgan fingerprint density at radius 3 is 2.49 bits per heavy atom. The lowest BCUT2D eigenvalue weighted by atomic mass is 10.2. The number of hydrazone groups is 1. The van der Waals surface area contributed by atoms with Gasteiger partial charge < -0.3 is 4.74 Å². The zero-order valence-corrected chi connectivity index (χ0v) is 22.1. The third-order valence-corrected chi connectivity index (χ3v) is 8.68. The molecule has 0 unspecified atom stereocenters. The molecule has 7 nitrogen and oxygen atoms in total. The number of ether oxygens (including phenoxy) is 1. The average Bonchev–Trinajstić information content (AvgIpc) is 2.81. The topological polar surface area (TPSA) is 88.1 Å². The number of sulfonamides is 1. The van der Waals surface area contributed by atoms with Crippen molar-refractivity contribution in [3.63, 3.8) is 0 Å². The van der Waals surface area contributed by atoms with E-state index in [1.165, 1.54) is 18.3 Å². The minimum atomic E-state index is -3.99. The van der Waals surface area contributed by atoms with Gasteiger partial charge in [-0.1, -0.05) is 39.7 Å². The first-order valence-corrected chi connectivity index (χ1v) is 14.2. The molecule has 10 heteroatoms. The monoisotopic (exact) mass is 573 g/mol. The molecule has 182 valence electrons. The Bertz CT molecular complexity index is 1310. The number of anilines is 1. The van der Waals surface area contributed by atoms with E-state index in [1.54, 1.807) is 36.4 Å². The molecule has 1 saturated heterocycles. The number of rotatable bonds is 9. The van der Waals surface area contributed by atoms with E-state index in [1.807, 2.05) is 43.0 Å². The van der Waals surface area contributed by atoms with Crippen molar-refractivity contribution in [2.24, 2.45) is 5.10 Å². The minimum absolute atomic E-state index is 0.0992. The molecule has 3 aromatic rings. The number of aryl methyl sites for hydroxylation is 1.